The van der Waals surface area contributed by atoms with E-state index in [0.29, 0.717) is 23.2 Å². The predicted molar refractivity (Wildman–Crippen MR) is 88.7 cm³/mol. The predicted octanol–water partition coefficient (Wildman–Crippen LogP) is 1.75. The zero-order valence-corrected chi connectivity index (χ0v) is 14.4. The van der Waals surface area contributed by atoms with Crippen LogP contribution in [0.5, 0.6) is 0 Å². The van der Waals surface area contributed by atoms with Crippen molar-refractivity contribution in [3.05, 3.63) is 34.8 Å². The molecule has 0 saturated carbocycles. The fourth-order valence-corrected chi connectivity index (χ4v) is 4.27. The van der Waals surface area contributed by atoms with Gasteiger partial charge in [-0.3, -0.25) is 4.79 Å². The average molecular weight is 362 g/mol. The van der Waals surface area contributed by atoms with Crippen molar-refractivity contribution < 1.29 is 9.21 Å². The molecule has 1 amide bonds. The van der Waals surface area contributed by atoms with E-state index in [4.69, 9.17) is 10.2 Å². The number of carbonyl (C=O) groups is 1. The molecule has 0 aliphatic carbocycles. The van der Waals surface area contributed by atoms with Crippen molar-refractivity contribution in [1.82, 2.24) is 25.1 Å². The molecule has 0 saturated heterocycles. The standard InChI is InChI=1S/C14H14N6O2S2/c1-20-6-17-19-14(20)23-11-3-2-9(22-11)7-4-10(21)16-5-8-12(7)24-13(15)18-8/h2-3,6-7H,4-5H2,1H3,(H2,15,18)(H,16,21)/t7-/m1/s1. The summed E-state index contributed by atoms with van der Waals surface area (Å²) < 4.78 is 7.77. The molecule has 0 aromatic carbocycles. The first-order chi connectivity index (χ1) is 11.6. The Kier molecular flexibility index (Phi) is 3.77. The number of fused-ring (bicyclic) bond motifs is 1. The number of hydrogen-bond acceptors (Lipinski definition) is 8. The molecule has 3 aromatic heterocycles. The molecular formula is C14H14N6O2S2. The molecule has 124 valence electrons. The van der Waals surface area contributed by atoms with E-state index in [-0.39, 0.29) is 11.8 Å². The Hall–Kier alpha value is -2.33. The van der Waals surface area contributed by atoms with Crippen molar-refractivity contribution in [3.8, 4) is 0 Å². The highest BCUT2D eigenvalue weighted by Crippen LogP contribution is 2.39. The van der Waals surface area contributed by atoms with E-state index in [1.807, 2.05) is 23.7 Å². The van der Waals surface area contributed by atoms with E-state index >= 15 is 0 Å². The number of thiazole rings is 1. The molecule has 3 aromatic rings. The minimum Gasteiger partial charge on any atom is -0.454 e. The highest BCUT2D eigenvalue weighted by atomic mass is 32.2. The van der Waals surface area contributed by atoms with Crippen LogP contribution in [-0.2, 0) is 18.4 Å². The SMILES string of the molecule is Cn1cnnc1Sc1ccc([C@H]2CC(=O)NCc3nc(N)sc32)o1. The van der Waals surface area contributed by atoms with Gasteiger partial charge in [0.2, 0.25) is 5.91 Å². The molecule has 1 aliphatic rings. The van der Waals surface area contributed by atoms with Crippen LogP contribution in [0.1, 0.15) is 28.7 Å². The summed E-state index contributed by atoms with van der Waals surface area (Å²) in [6, 6.07) is 3.77. The van der Waals surface area contributed by atoms with Crippen LogP contribution in [0.3, 0.4) is 0 Å². The lowest BCUT2D eigenvalue weighted by Crippen LogP contribution is -2.21. The Labute approximate surface area is 145 Å². The minimum atomic E-state index is -0.175. The summed E-state index contributed by atoms with van der Waals surface area (Å²) in [6.45, 7) is 0.402. The van der Waals surface area contributed by atoms with Gasteiger partial charge < -0.3 is 20.0 Å². The first kappa shape index (κ1) is 15.2. The lowest BCUT2D eigenvalue weighted by Gasteiger charge is -2.09. The number of nitrogens with two attached hydrogens (primary N) is 1. The van der Waals surface area contributed by atoms with Gasteiger partial charge in [0, 0.05) is 18.3 Å². The molecule has 0 bridgehead atoms. The average Bonchev–Trinajstić information content (AvgIpc) is 3.23. The number of nitrogens with zero attached hydrogens (tertiary/aromatic N) is 4. The van der Waals surface area contributed by atoms with Gasteiger partial charge in [0.25, 0.3) is 0 Å². The summed E-state index contributed by atoms with van der Waals surface area (Å²) in [5, 5.41) is 12.7. The summed E-state index contributed by atoms with van der Waals surface area (Å²) in [5.74, 6) is 0.524. The quantitative estimate of drug-likeness (QED) is 0.730. The van der Waals surface area contributed by atoms with Crippen LogP contribution in [0, 0.1) is 0 Å². The maximum Gasteiger partial charge on any atom is 0.221 e. The fourth-order valence-electron chi connectivity index (χ4n) is 2.58. The maximum absolute atomic E-state index is 12.0. The smallest absolute Gasteiger partial charge is 0.221 e. The van der Waals surface area contributed by atoms with E-state index in [2.05, 4.69) is 20.5 Å². The second kappa shape index (κ2) is 5.95. The molecule has 1 aliphatic heterocycles. The van der Waals surface area contributed by atoms with E-state index < -0.39 is 0 Å². The molecule has 8 nitrogen and oxygen atoms in total. The number of carbonyl (C=O) groups excluding carboxylic acids is 1. The van der Waals surface area contributed by atoms with Crippen LogP contribution in [0.4, 0.5) is 5.13 Å². The number of aryl methyl sites for hydroxylation is 1. The van der Waals surface area contributed by atoms with Gasteiger partial charge in [0.15, 0.2) is 15.4 Å². The molecule has 4 rings (SSSR count). The van der Waals surface area contributed by atoms with Gasteiger partial charge in [-0.25, -0.2) is 4.98 Å². The normalized spacial score (nSPS) is 17.4. The molecule has 0 spiro atoms. The van der Waals surface area contributed by atoms with Crippen molar-refractivity contribution in [2.24, 2.45) is 7.05 Å². The Balaban J connectivity index is 1.65. The van der Waals surface area contributed by atoms with Crippen LogP contribution in [-0.4, -0.2) is 25.7 Å². The number of rotatable bonds is 3. The van der Waals surface area contributed by atoms with Crippen LogP contribution in [0.15, 0.2) is 33.1 Å². The first-order valence-corrected chi connectivity index (χ1v) is 8.87. The van der Waals surface area contributed by atoms with E-state index in [1.54, 1.807) is 6.33 Å². The third-order valence-corrected chi connectivity index (χ3v) is 5.72. The number of nitrogen functional groups attached to an aromatic ring is 1. The van der Waals surface area contributed by atoms with Crippen LogP contribution >= 0.6 is 23.1 Å². The number of hydrogen-bond donors (Lipinski definition) is 2. The Bertz CT molecular complexity index is 899. The van der Waals surface area contributed by atoms with Gasteiger partial charge in [0.05, 0.1) is 18.2 Å². The highest BCUT2D eigenvalue weighted by Gasteiger charge is 2.30. The van der Waals surface area contributed by atoms with E-state index in [9.17, 15) is 4.79 Å². The van der Waals surface area contributed by atoms with E-state index in [1.165, 1.54) is 23.1 Å². The third kappa shape index (κ3) is 2.78. The van der Waals surface area contributed by atoms with Crippen LogP contribution in [0.25, 0.3) is 0 Å². The Morgan fingerprint density at radius 1 is 1.50 bits per heavy atom. The Morgan fingerprint density at radius 2 is 2.38 bits per heavy atom. The number of anilines is 1. The summed E-state index contributed by atoms with van der Waals surface area (Å²) in [4.78, 5) is 17.3. The number of amides is 1. The summed E-state index contributed by atoms with van der Waals surface area (Å²) in [5.41, 5.74) is 6.65. The number of furan rings is 1. The van der Waals surface area contributed by atoms with Crippen molar-refractivity contribution >= 4 is 34.1 Å². The van der Waals surface area contributed by atoms with E-state index in [0.717, 1.165) is 21.5 Å². The first-order valence-electron chi connectivity index (χ1n) is 7.23. The lowest BCUT2D eigenvalue weighted by molar-refractivity contribution is -0.121. The highest BCUT2D eigenvalue weighted by molar-refractivity contribution is 7.99. The number of aromatic nitrogens is 4. The van der Waals surface area contributed by atoms with Gasteiger partial charge in [-0.2, -0.15) is 0 Å². The van der Waals surface area contributed by atoms with Crippen molar-refractivity contribution in [2.45, 2.75) is 29.1 Å². The molecule has 4 heterocycles. The van der Waals surface area contributed by atoms with Gasteiger partial charge in [-0.15, -0.1) is 21.5 Å². The minimum absolute atomic E-state index is 0.0253. The zero-order valence-electron chi connectivity index (χ0n) is 12.7. The molecule has 3 N–H and O–H groups in total. The second-order valence-electron chi connectivity index (χ2n) is 5.38. The topological polar surface area (TPSA) is 112 Å². The summed E-state index contributed by atoms with van der Waals surface area (Å²) in [6.07, 6.45) is 1.95. The van der Waals surface area contributed by atoms with Crippen LogP contribution in [0.2, 0.25) is 0 Å². The second-order valence-corrected chi connectivity index (χ2v) is 7.41. The van der Waals surface area contributed by atoms with Gasteiger partial charge in [0.1, 0.15) is 12.1 Å². The zero-order chi connectivity index (χ0) is 16.7. The van der Waals surface area contributed by atoms with Crippen molar-refractivity contribution in [2.75, 3.05) is 5.73 Å². The monoisotopic (exact) mass is 362 g/mol. The molecule has 0 radical (unpaired) electrons. The third-order valence-electron chi connectivity index (χ3n) is 3.71. The molecule has 0 unspecified atom stereocenters. The molecule has 10 heteroatoms. The molecule has 1 atom stereocenters. The summed E-state index contributed by atoms with van der Waals surface area (Å²) >= 11 is 2.79. The largest absolute Gasteiger partial charge is 0.454 e. The molecule has 24 heavy (non-hydrogen) atoms. The lowest BCUT2D eigenvalue weighted by atomic mass is 10.00. The summed E-state index contributed by atoms with van der Waals surface area (Å²) in [7, 11) is 1.87. The molecule has 0 fully saturated rings. The maximum atomic E-state index is 12.0. The van der Waals surface area contributed by atoms with Crippen molar-refractivity contribution in [3.63, 3.8) is 0 Å². The fraction of sp³-hybridized carbons (Fsp3) is 0.286. The van der Waals surface area contributed by atoms with Gasteiger partial charge in [-0.05, 0) is 23.9 Å². The van der Waals surface area contributed by atoms with Crippen molar-refractivity contribution in [1.29, 1.82) is 0 Å². The van der Waals surface area contributed by atoms with Gasteiger partial charge >= 0.3 is 0 Å². The van der Waals surface area contributed by atoms with Crippen LogP contribution < -0.4 is 11.1 Å². The molecular weight excluding hydrogens is 348 g/mol. The Morgan fingerprint density at radius 3 is 3.17 bits per heavy atom. The van der Waals surface area contributed by atoms with Gasteiger partial charge in [-0.1, -0.05) is 0 Å². The number of nitrogens with one attached hydrogen (secondary N) is 1.